The number of aromatic nitrogens is 5. The number of benzene rings is 5. The molecule has 0 amide bonds. The van der Waals surface area contributed by atoms with Crippen molar-refractivity contribution in [2.24, 2.45) is 0 Å². The smallest absolute Gasteiger partial charge is 0.164 e. The van der Waals surface area contributed by atoms with Crippen LogP contribution in [0.1, 0.15) is 22.4 Å². The summed E-state index contributed by atoms with van der Waals surface area (Å²) in [6, 6.07) is 39.3. The van der Waals surface area contributed by atoms with Crippen molar-refractivity contribution in [2.75, 3.05) is 0 Å². The highest BCUT2D eigenvalue weighted by atomic mass is 15.0. The fourth-order valence-electron chi connectivity index (χ4n) is 5.81. The van der Waals surface area contributed by atoms with Crippen LogP contribution in [-0.2, 0) is 0 Å². The first-order chi connectivity index (χ1) is 27.6. The molecular formula is C44H31N5. The molecule has 49 heavy (non-hydrogen) atoms. The normalized spacial score (nSPS) is 14.9. The number of hydrogen-bond donors (Lipinski definition) is 0. The van der Waals surface area contributed by atoms with Gasteiger partial charge in [-0.1, -0.05) is 128 Å². The summed E-state index contributed by atoms with van der Waals surface area (Å²) in [5, 5.41) is 2.28. The maximum absolute atomic E-state index is 8.86. The van der Waals surface area contributed by atoms with Crippen LogP contribution in [0.25, 0.3) is 73.0 Å². The molecule has 5 heteroatoms. The van der Waals surface area contributed by atoms with E-state index < -0.39 is 53.7 Å². The van der Waals surface area contributed by atoms with E-state index in [1.165, 1.54) is 6.08 Å². The molecule has 0 spiro atoms. The lowest BCUT2D eigenvalue weighted by molar-refractivity contribution is 1.04. The van der Waals surface area contributed by atoms with Gasteiger partial charge in [-0.15, -0.1) is 0 Å². The summed E-state index contributed by atoms with van der Waals surface area (Å²) in [5.74, 6) is 0.675. The minimum absolute atomic E-state index is 0.0386. The Morgan fingerprint density at radius 3 is 2.16 bits per heavy atom. The van der Waals surface area contributed by atoms with Crippen LogP contribution >= 0.6 is 0 Å². The van der Waals surface area contributed by atoms with E-state index in [0.29, 0.717) is 29.3 Å². The molecule has 8 aromatic rings. The summed E-state index contributed by atoms with van der Waals surface area (Å²) in [6.45, 7) is 0.619. The summed E-state index contributed by atoms with van der Waals surface area (Å²) < 4.78 is 68.5. The van der Waals surface area contributed by atoms with Crippen molar-refractivity contribution in [3.63, 3.8) is 0 Å². The zero-order valence-corrected chi connectivity index (χ0v) is 26.0. The number of hydrogen-bond acceptors (Lipinski definition) is 4. The highest BCUT2D eigenvalue weighted by molar-refractivity contribution is 6.10. The first-order valence-electron chi connectivity index (χ1n) is 19.6. The first kappa shape index (κ1) is 22.0. The molecule has 8 rings (SSSR count). The van der Waals surface area contributed by atoms with Gasteiger partial charge in [-0.2, -0.15) is 0 Å². The predicted molar refractivity (Wildman–Crippen MR) is 202 cm³/mol. The quantitative estimate of drug-likeness (QED) is 0.156. The molecule has 0 atom stereocenters. The molecule has 0 unspecified atom stereocenters. The van der Waals surface area contributed by atoms with Crippen molar-refractivity contribution in [1.82, 2.24) is 24.5 Å². The topological polar surface area (TPSA) is 56.5 Å². The molecule has 0 saturated heterocycles. The van der Waals surface area contributed by atoms with Gasteiger partial charge in [-0.3, -0.25) is 4.98 Å². The second-order valence-electron chi connectivity index (χ2n) is 11.1. The van der Waals surface area contributed by atoms with Crippen molar-refractivity contribution in [1.29, 1.82) is 0 Å². The molecule has 3 aromatic heterocycles. The molecule has 0 aliphatic heterocycles. The van der Waals surface area contributed by atoms with Gasteiger partial charge in [0.15, 0.2) is 17.5 Å². The van der Waals surface area contributed by atoms with E-state index in [9.17, 15) is 0 Å². The molecular weight excluding hydrogens is 599 g/mol. The molecule has 0 saturated carbocycles. The van der Waals surface area contributed by atoms with Crippen molar-refractivity contribution < 1.29 is 11.0 Å². The van der Waals surface area contributed by atoms with Crippen LogP contribution < -0.4 is 0 Å². The summed E-state index contributed by atoms with van der Waals surface area (Å²) in [7, 11) is 0. The number of pyridine rings is 1. The molecule has 3 heterocycles. The number of nitrogens with zero attached hydrogens (tertiary/aromatic N) is 5. The van der Waals surface area contributed by atoms with Crippen LogP contribution in [0.5, 0.6) is 0 Å². The Labute approximate surface area is 296 Å². The van der Waals surface area contributed by atoms with Gasteiger partial charge in [0.2, 0.25) is 0 Å². The molecule has 0 N–H and O–H groups in total. The standard InChI is InChI=1S/C44H31N5/c1-2-31(36-16-12-28-45-30-36)15-11-21-42-46-43(33-13-5-3-6-14-33)48-44(47-42)34-24-22-32(23-25-34)35-26-27-41-39(29-35)38-19-9-10-20-40(38)49(41)37-17-7-4-8-18-37/h2-30H,1H2/b21-11+,31-15+/i1D,2D,11D,12D,15D,16D,28D,30D/b2-1?,21-11+,31-15+. The van der Waals surface area contributed by atoms with E-state index in [1.807, 2.05) is 72.8 Å². The highest BCUT2D eigenvalue weighted by Gasteiger charge is 2.14. The van der Waals surface area contributed by atoms with Gasteiger partial charge in [0, 0.05) is 39.9 Å². The Morgan fingerprint density at radius 2 is 1.37 bits per heavy atom. The summed E-state index contributed by atoms with van der Waals surface area (Å²) in [5.41, 5.74) is 5.89. The van der Waals surface area contributed by atoms with Gasteiger partial charge in [0.25, 0.3) is 0 Å². The Kier molecular flexibility index (Phi) is 5.91. The lowest BCUT2D eigenvalue weighted by Gasteiger charge is -2.09. The van der Waals surface area contributed by atoms with Crippen LogP contribution in [0.4, 0.5) is 0 Å². The second kappa shape index (κ2) is 13.2. The monoisotopic (exact) mass is 637 g/mol. The van der Waals surface area contributed by atoms with Crippen LogP contribution in [-0.4, -0.2) is 24.5 Å². The Hall–Kier alpha value is -6.72. The van der Waals surface area contributed by atoms with Gasteiger partial charge in [0.05, 0.1) is 22.0 Å². The Bertz CT molecular complexity index is 2920. The first-order valence-corrected chi connectivity index (χ1v) is 15.5. The Morgan fingerprint density at radius 1 is 0.694 bits per heavy atom. The van der Waals surface area contributed by atoms with Gasteiger partial charge in [0.1, 0.15) is 0 Å². The molecule has 0 bridgehead atoms. The van der Waals surface area contributed by atoms with E-state index in [4.69, 9.17) is 16.0 Å². The average Bonchev–Trinajstić information content (AvgIpc) is 3.58. The number of rotatable bonds is 8. The summed E-state index contributed by atoms with van der Waals surface area (Å²) in [4.78, 5) is 17.7. The SMILES string of the molecule is [2H]C=C([2H])/C(=C([2H])\C([2H])=C\c1nc(-c2ccccc2)nc(-c2ccc(-c3ccc4c(c3)c3ccccc3n4-c3ccccc3)cc2)n1)c1c([2H])nc([2H])c([2H])c1[2H]. The molecule has 5 nitrogen and oxygen atoms in total. The fraction of sp³-hybridized carbons (Fsp3) is 0. The molecule has 0 fully saturated rings. The summed E-state index contributed by atoms with van der Waals surface area (Å²) in [6.07, 6.45) is -0.000288. The molecule has 5 aromatic carbocycles. The summed E-state index contributed by atoms with van der Waals surface area (Å²) >= 11 is 0. The van der Waals surface area contributed by atoms with Gasteiger partial charge >= 0.3 is 0 Å². The van der Waals surface area contributed by atoms with E-state index in [1.54, 1.807) is 0 Å². The van der Waals surface area contributed by atoms with E-state index in [0.717, 1.165) is 38.6 Å². The van der Waals surface area contributed by atoms with Crippen LogP contribution in [0.15, 0.2) is 177 Å². The minimum Gasteiger partial charge on any atom is -0.309 e. The lowest BCUT2D eigenvalue weighted by atomic mass is 10.0. The zero-order chi connectivity index (χ0) is 39.8. The second-order valence-corrected chi connectivity index (χ2v) is 11.1. The minimum atomic E-state index is -0.615. The van der Waals surface area contributed by atoms with Crippen molar-refractivity contribution in [3.05, 3.63) is 188 Å². The number of allylic oxidation sites excluding steroid dienone is 4. The third-order valence-electron chi connectivity index (χ3n) is 8.11. The van der Waals surface area contributed by atoms with Crippen LogP contribution in [0, 0.1) is 0 Å². The molecule has 0 aliphatic rings. The Balaban J connectivity index is 1.20. The molecule has 232 valence electrons. The largest absolute Gasteiger partial charge is 0.309 e. The van der Waals surface area contributed by atoms with Gasteiger partial charge < -0.3 is 4.57 Å². The third-order valence-corrected chi connectivity index (χ3v) is 8.11. The van der Waals surface area contributed by atoms with Crippen LogP contribution in [0.3, 0.4) is 0 Å². The maximum atomic E-state index is 8.86. The van der Waals surface area contributed by atoms with Gasteiger partial charge in [-0.25, -0.2) is 15.0 Å². The van der Waals surface area contributed by atoms with E-state index in [2.05, 4.69) is 74.1 Å². The van der Waals surface area contributed by atoms with Crippen molar-refractivity contribution in [2.45, 2.75) is 0 Å². The van der Waals surface area contributed by atoms with Gasteiger partial charge in [-0.05, 0) is 64.7 Å². The fourth-order valence-corrected chi connectivity index (χ4v) is 5.81. The lowest BCUT2D eigenvalue weighted by Crippen LogP contribution is -1.99. The predicted octanol–water partition coefficient (Wildman–Crippen LogP) is 10.6. The van der Waals surface area contributed by atoms with E-state index >= 15 is 0 Å². The van der Waals surface area contributed by atoms with Crippen LogP contribution in [0.2, 0.25) is 0 Å². The molecule has 0 radical (unpaired) electrons. The van der Waals surface area contributed by atoms with Crippen molar-refractivity contribution in [3.8, 4) is 39.6 Å². The molecule has 0 aliphatic carbocycles. The number of para-hydroxylation sites is 2. The zero-order valence-electron chi connectivity index (χ0n) is 34.0. The maximum Gasteiger partial charge on any atom is 0.164 e. The number of fused-ring (bicyclic) bond motifs is 3. The van der Waals surface area contributed by atoms with Crippen molar-refractivity contribution >= 4 is 33.5 Å². The average molecular weight is 638 g/mol. The highest BCUT2D eigenvalue weighted by Crippen LogP contribution is 2.35. The van der Waals surface area contributed by atoms with E-state index in [-0.39, 0.29) is 5.82 Å². The third kappa shape index (κ3) is 5.97.